The van der Waals surface area contributed by atoms with Crippen molar-refractivity contribution in [2.75, 3.05) is 38.4 Å². The number of hydrogen-bond acceptors (Lipinski definition) is 5. The molecule has 0 spiro atoms. The number of benzene rings is 2. The average Bonchev–Trinajstić information content (AvgIpc) is 2.71. The fraction of sp³-hybridized carbons (Fsp3) is 0.381. The van der Waals surface area contributed by atoms with Gasteiger partial charge in [-0.2, -0.15) is 0 Å². The van der Waals surface area contributed by atoms with E-state index >= 15 is 0 Å². The first-order chi connectivity index (χ1) is 14.0. The van der Waals surface area contributed by atoms with E-state index in [1.165, 1.54) is 0 Å². The van der Waals surface area contributed by atoms with E-state index in [1.54, 1.807) is 14.2 Å². The van der Waals surface area contributed by atoms with Crippen LogP contribution >= 0.6 is 0 Å². The van der Waals surface area contributed by atoms with Gasteiger partial charge in [0.15, 0.2) is 27.3 Å². The Balaban J connectivity index is 1.83. The van der Waals surface area contributed by atoms with E-state index in [0.717, 1.165) is 11.3 Å². The van der Waals surface area contributed by atoms with Crippen LogP contribution in [0.1, 0.15) is 18.9 Å². The largest absolute Gasteiger partial charge is 0.493 e. The first-order valence-corrected chi connectivity index (χ1v) is 11.3. The molecule has 0 fully saturated rings. The molecule has 0 heterocycles. The third-order valence-corrected chi connectivity index (χ3v) is 5.79. The second kappa shape index (κ2) is 11.3. The van der Waals surface area contributed by atoms with Gasteiger partial charge in [-0.1, -0.05) is 30.3 Å². The Morgan fingerprint density at radius 2 is 1.86 bits per heavy atom. The molecule has 0 aliphatic heterocycles. The number of guanidine groups is 1. The molecule has 29 heavy (non-hydrogen) atoms. The molecule has 0 saturated heterocycles. The molecule has 2 aromatic carbocycles. The lowest BCUT2D eigenvalue weighted by Crippen LogP contribution is -2.32. The molecule has 0 aliphatic carbocycles. The molecule has 8 heteroatoms. The van der Waals surface area contributed by atoms with Gasteiger partial charge in [0.1, 0.15) is 0 Å². The second-order valence-electron chi connectivity index (χ2n) is 6.35. The summed E-state index contributed by atoms with van der Waals surface area (Å²) in [6, 6.07) is 14.7. The third kappa shape index (κ3) is 7.65. The molecule has 0 atom stereocenters. The lowest BCUT2D eigenvalue weighted by atomic mass is 10.2. The normalized spacial score (nSPS) is 11.8. The molecule has 7 nitrogen and oxygen atoms in total. The number of sulfone groups is 1. The maximum atomic E-state index is 12.3. The zero-order chi connectivity index (χ0) is 21.1. The summed E-state index contributed by atoms with van der Waals surface area (Å²) < 4.78 is 35.4. The Hall–Kier alpha value is -2.74. The van der Waals surface area contributed by atoms with Crippen LogP contribution in [0.5, 0.6) is 11.5 Å². The summed E-state index contributed by atoms with van der Waals surface area (Å²) in [5.41, 5.74) is 1.59. The van der Waals surface area contributed by atoms with Gasteiger partial charge in [0.2, 0.25) is 0 Å². The molecule has 0 aromatic heterocycles. The zero-order valence-corrected chi connectivity index (χ0v) is 18.0. The molecule has 0 amide bonds. The first-order valence-electron chi connectivity index (χ1n) is 9.50. The van der Waals surface area contributed by atoms with Crippen molar-refractivity contribution in [3.8, 4) is 11.5 Å². The lowest BCUT2D eigenvalue weighted by molar-refractivity contribution is 0.311. The van der Waals surface area contributed by atoms with Gasteiger partial charge in [-0.15, -0.1) is 0 Å². The van der Waals surface area contributed by atoms with Gasteiger partial charge in [0.05, 0.1) is 25.2 Å². The minimum Gasteiger partial charge on any atom is -0.493 e. The fourth-order valence-corrected chi connectivity index (χ4v) is 4.16. The summed E-state index contributed by atoms with van der Waals surface area (Å²) in [5, 5.41) is 6.30. The van der Waals surface area contributed by atoms with Gasteiger partial charge in [-0.25, -0.2) is 8.42 Å². The van der Waals surface area contributed by atoms with Crippen LogP contribution in [0, 0.1) is 0 Å². The minimum atomic E-state index is -3.15. The maximum absolute atomic E-state index is 12.3. The van der Waals surface area contributed by atoms with E-state index in [9.17, 15) is 8.42 Å². The molecule has 2 N–H and O–H groups in total. The van der Waals surface area contributed by atoms with E-state index in [-0.39, 0.29) is 11.5 Å². The standard InChI is InChI=1S/C21H29N3O4S/c1-4-28-19-12-11-18(15-20(19)27-3)24-21(22-2)23-13-8-14-29(25,26)16-17-9-6-5-7-10-17/h5-7,9-12,15H,4,8,13-14,16H2,1-3H3,(H2,22,23,24). The summed E-state index contributed by atoms with van der Waals surface area (Å²) in [6.07, 6.45) is 0.489. The van der Waals surface area contributed by atoms with Crippen molar-refractivity contribution in [2.24, 2.45) is 4.99 Å². The van der Waals surface area contributed by atoms with Gasteiger partial charge >= 0.3 is 0 Å². The Morgan fingerprint density at radius 3 is 2.52 bits per heavy atom. The number of hydrogen-bond donors (Lipinski definition) is 2. The molecule has 158 valence electrons. The van der Waals surface area contributed by atoms with Crippen LogP contribution in [0.3, 0.4) is 0 Å². The van der Waals surface area contributed by atoms with Gasteiger partial charge in [0.25, 0.3) is 0 Å². The van der Waals surface area contributed by atoms with Crippen LogP contribution in [0.4, 0.5) is 5.69 Å². The average molecular weight is 420 g/mol. The zero-order valence-electron chi connectivity index (χ0n) is 17.1. The van der Waals surface area contributed by atoms with E-state index in [0.29, 0.717) is 37.0 Å². The van der Waals surface area contributed by atoms with Crippen molar-refractivity contribution in [1.82, 2.24) is 5.32 Å². The number of anilines is 1. The molecular formula is C21H29N3O4S. The Labute approximate surface area is 173 Å². The number of methoxy groups -OCH3 is 1. The topological polar surface area (TPSA) is 89.0 Å². The van der Waals surface area contributed by atoms with Crippen LogP contribution in [0.2, 0.25) is 0 Å². The Kier molecular flexibility index (Phi) is 8.79. The molecule has 0 aliphatic rings. The molecule has 0 bridgehead atoms. The van der Waals surface area contributed by atoms with E-state index in [1.807, 2.05) is 55.5 Å². The Morgan fingerprint density at radius 1 is 1.10 bits per heavy atom. The summed E-state index contributed by atoms with van der Waals surface area (Å²) in [4.78, 5) is 4.17. The van der Waals surface area contributed by atoms with Crippen LogP contribution in [0.25, 0.3) is 0 Å². The summed E-state index contributed by atoms with van der Waals surface area (Å²) in [7, 11) is 0.0997. The highest BCUT2D eigenvalue weighted by Crippen LogP contribution is 2.30. The van der Waals surface area contributed by atoms with Crippen molar-refractivity contribution in [1.29, 1.82) is 0 Å². The van der Waals surface area contributed by atoms with Gasteiger partial charge < -0.3 is 20.1 Å². The summed E-state index contributed by atoms with van der Waals surface area (Å²) in [5.74, 6) is 2.03. The quantitative estimate of drug-likeness (QED) is 0.349. The highest BCUT2D eigenvalue weighted by molar-refractivity contribution is 7.90. The van der Waals surface area contributed by atoms with E-state index in [4.69, 9.17) is 9.47 Å². The van der Waals surface area contributed by atoms with Crippen molar-refractivity contribution in [2.45, 2.75) is 19.1 Å². The van der Waals surface area contributed by atoms with Crippen molar-refractivity contribution in [3.63, 3.8) is 0 Å². The van der Waals surface area contributed by atoms with E-state index in [2.05, 4.69) is 15.6 Å². The highest BCUT2D eigenvalue weighted by atomic mass is 32.2. The number of nitrogens with zero attached hydrogens (tertiary/aromatic N) is 1. The SMILES string of the molecule is CCOc1ccc(NC(=NC)NCCCS(=O)(=O)Cc2ccccc2)cc1OC. The van der Waals surface area contributed by atoms with Gasteiger partial charge in [-0.05, 0) is 31.0 Å². The molecular weight excluding hydrogens is 390 g/mol. The Bertz CT molecular complexity index is 899. The maximum Gasteiger partial charge on any atom is 0.195 e. The summed E-state index contributed by atoms with van der Waals surface area (Å²) >= 11 is 0. The summed E-state index contributed by atoms with van der Waals surface area (Å²) in [6.45, 7) is 2.96. The minimum absolute atomic E-state index is 0.0623. The lowest BCUT2D eigenvalue weighted by Gasteiger charge is -2.14. The van der Waals surface area contributed by atoms with Crippen LogP contribution in [-0.4, -0.2) is 47.4 Å². The molecule has 0 unspecified atom stereocenters. The molecule has 2 rings (SSSR count). The first kappa shape index (κ1) is 22.5. The predicted octanol–water partition coefficient (Wildman–Crippen LogP) is 3.09. The van der Waals surface area contributed by atoms with E-state index < -0.39 is 9.84 Å². The smallest absolute Gasteiger partial charge is 0.195 e. The molecule has 0 radical (unpaired) electrons. The van der Waals surface area contributed by atoms with Crippen LogP contribution < -0.4 is 20.1 Å². The van der Waals surface area contributed by atoms with Crippen LogP contribution in [-0.2, 0) is 15.6 Å². The number of rotatable bonds is 10. The number of ether oxygens (including phenoxy) is 2. The predicted molar refractivity (Wildman–Crippen MR) is 118 cm³/mol. The highest BCUT2D eigenvalue weighted by Gasteiger charge is 2.12. The number of nitrogens with one attached hydrogen (secondary N) is 2. The third-order valence-electron chi connectivity index (χ3n) is 4.10. The monoisotopic (exact) mass is 419 g/mol. The van der Waals surface area contributed by atoms with Gasteiger partial charge in [0, 0.05) is 25.3 Å². The second-order valence-corrected chi connectivity index (χ2v) is 8.54. The van der Waals surface area contributed by atoms with Crippen molar-refractivity contribution >= 4 is 21.5 Å². The molecule has 2 aromatic rings. The van der Waals surface area contributed by atoms with Crippen molar-refractivity contribution < 1.29 is 17.9 Å². The van der Waals surface area contributed by atoms with Crippen LogP contribution in [0.15, 0.2) is 53.5 Å². The van der Waals surface area contributed by atoms with Crippen molar-refractivity contribution in [3.05, 3.63) is 54.1 Å². The van der Waals surface area contributed by atoms with Gasteiger partial charge in [-0.3, -0.25) is 4.99 Å². The fourth-order valence-electron chi connectivity index (χ4n) is 2.74. The molecule has 0 saturated carbocycles. The number of aliphatic imine (C=N–C) groups is 1.